The van der Waals surface area contributed by atoms with Gasteiger partial charge in [0.1, 0.15) is 0 Å². The van der Waals surface area contributed by atoms with Gasteiger partial charge in [0.25, 0.3) is 0 Å². The summed E-state index contributed by atoms with van der Waals surface area (Å²) in [6.45, 7) is 5.35. The first-order chi connectivity index (χ1) is 10.6. The van der Waals surface area contributed by atoms with Crippen LogP contribution in [-0.2, 0) is 11.2 Å². The first kappa shape index (κ1) is 22.9. The van der Waals surface area contributed by atoms with Crippen LogP contribution in [0.15, 0.2) is 30.3 Å². The molecule has 2 N–H and O–H groups in total. The molecule has 0 bridgehead atoms. The summed E-state index contributed by atoms with van der Waals surface area (Å²) in [4.78, 5) is 17.8. The first-order valence-corrected chi connectivity index (χ1v) is 8.37. The summed E-state index contributed by atoms with van der Waals surface area (Å²) < 4.78 is 0. The Labute approximate surface area is 160 Å². The van der Waals surface area contributed by atoms with Crippen molar-refractivity contribution in [2.24, 2.45) is 5.92 Å². The second-order valence-electron chi connectivity index (χ2n) is 5.38. The third-order valence-corrected chi connectivity index (χ3v) is 4.51. The third kappa shape index (κ3) is 6.40. The fourth-order valence-corrected chi connectivity index (χ4v) is 3.24. The lowest BCUT2D eigenvalue weighted by atomic mass is 10.1. The molecule has 0 spiro atoms. The van der Waals surface area contributed by atoms with Crippen LogP contribution in [0.2, 0.25) is 0 Å². The molecule has 1 aromatic carbocycles. The van der Waals surface area contributed by atoms with Crippen molar-refractivity contribution >= 4 is 42.1 Å². The van der Waals surface area contributed by atoms with E-state index in [4.69, 9.17) is 4.98 Å². The zero-order valence-electron chi connectivity index (χ0n) is 14.2. The molecule has 0 saturated heterocycles. The smallest absolute Gasteiger partial charge is 0.224 e. The summed E-state index contributed by atoms with van der Waals surface area (Å²) in [5.74, 6) is 0.0776. The minimum Gasteiger partial charge on any atom is -0.355 e. The Kier molecular flexibility index (Phi) is 10.9. The van der Waals surface area contributed by atoms with E-state index in [1.807, 2.05) is 32.2 Å². The zero-order valence-corrected chi connectivity index (χ0v) is 16.6. The van der Waals surface area contributed by atoms with Gasteiger partial charge < -0.3 is 10.6 Å². The van der Waals surface area contributed by atoms with E-state index in [2.05, 4.69) is 29.7 Å². The van der Waals surface area contributed by atoms with Gasteiger partial charge in [0.2, 0.25) is 5.91 Å². The van der Waals surface area contributed by atoms with E-state index in [0.29, 0.717) is 13.1 Å². The molecule has 1 heterocycles. The molecular formula is C17H25Cl2N3OS. The summed E-state index contributed by atoms with van der Waals surface area (Å²) in [6.07, 6.45) is 0.774. The molecule has 1 atom stereocenters. The standard InChI is InChI=1S/C17H23N3OS.2ClH/c1-12(11-18-3)17(21)19-10-9-15-20-16(13(2)22-15)14-7-5-4-6-8-14;;/h4-8,12,18H,9-11H2,1-3H3,(H,19,21);2*1H. The maximum atomic E-state index is 11.8. The van der Waals surface area contributed by atoms with Gasteiger partial charge in [-0.15, -0.1) is 36.2 Å². The molecule has 0 fully saturated rings. The molecule has 0 radical (unpaired) electrons. The molecule has 24 heavy (non-hydrogen) atoms. The molecule has 0 saturated carbocycles. The lowest BCUT2D eigenvalue weighted by Crippen LogP contribution is -2.35. The van der Waals surface area contributed by atoms with Gasteiger partial charge in [-0.25, -0.2) is 4.98 Å². The van der Waals surface area contributed by atoms with Gasteiger partial charge >= 0.3 is 0 Å². The number of rotatable bonds is 7. The van der Waals surface area contributed by atoms with E-state index in [0.717, 1.165) is 22.7 Å². The minimum absolute atomic E-state index is 0. The molecule has 0 aliphatic carbocycles. The molecule has 1 aromatic heterocycles. The van der Waals surface area contributed by atoms with Gasteiger partial charge in [-0.2, -0.15) is 0 Å². The number of hydrogen-bond donors (Lipinski definition) is 2. The maximum absolute atomic E-state index is 11.8. The lowest BCUT2D eigenvalue weighted by molar-refractivity contribution is -0.124. The Morgan fingerprint density at radius 3 is 2.54 bits per heavy atom. The monoisotopic (exact) mass is 389 g/mol. The number of halogens is 2. The van der Waals surface area contributed by atoms with Crippen molar-refractivity contribution in [2.45, 2.75) is 20.3 Å². The molecule has 1 unspecified atom stereocenters. The van der Waals surface area contributed by atoms with Crippen LogP contribution in [0.5, 0.6) is 0 Å². The molecule has 0 aliphatic heterocycles. The predicted octanol–water partition coefficient (Wildman–Crippen LogP) is 3.48. The Hall–Kier alpha value is -1.14. The Bertz CT molecular complexity index is 620. The fourth-order valence-electron chi connectivity index (χ4n) is 2.29. The highest BCUT2D eigenvalue weighted by Crippen LogP contribution is 2.27. The van der Waals surface area contributed by atoms with Gasteiger partial charge in [0.05, 0.1) is 10.7 Å². The molecular weight excluding hydrogens is 365 g/mol. The van der Waals surface area contributed by atoms with Crippen LogP contribution in [0.4, 0.5) is 0 Å². The van der Waals surface area contributed by atoms with Crippen molar-refractivity contribution in [1.29, 1.82) is 0 Å². The highest BCUT2D eigenvalue weighted by atomic mass is 35.5. The first-order valence-electron chi connectivity index (χ1n) is 7.56. The van der Waals surface area contributed by atoms with E-state index < -0.39 is 0 Å². The minimum atomic E-state index is -0.0112. The molecule has 1 amide bonds. The normalized spacial score (nSPS) is 11.1. The number of benzene rings is 1. The van der Waals surface area contributed by atoms with Crippen LogP contribution >= 0.6 is 36.2 Å². The van der Waals surface area contributed by atoms with Gasteiger partial charge in [0.15, 0.2) is 0 Å². The van der Waals surface area contributed by atoms with E-state index in [1.165, 1.54) is 4.88 Å². The van der Waals surface area contributed by atoms with Crippen LogP contribution in [0.1, 0.15) is 16.8 Å². The molecule has 7 heteroatoms. The van der Waals surface area contributed by atoms with E-state index in [-0.39, 0.29) is 36.6 Å². The van der Waals surface area contributed by atoms with Gasteiger partial charge in [-0.1, -0.05) is 37.3 Å². The second kappa shape index (κ2) is 11.4. The van der Waals surface area contributed by atoms with Crippen molar-refractivity contribution in [1.82, 2.24) is 15.6 Å². The number of hydrogen-bond acceptors (Lipinski definition) is 4. The Balaban J connectivity index is 0.00000264. The Morgan fingerprint density at radius 1 is 1.25 bits per heavy atom. The van der Waals surface area contributed by atoms with Crippen LogP contribution < -0.4 is 10.6 Å². The largest absolute Gasteiger partial charge is 0.355 e. The Morgan fingerprint density at radius 2 is 1.92 bits per heavy atom. The third-order valence-electron chi connectivity index (χ3n) is 3.48. The van der Waals surface area contributed by atoms with E-state index in [1.54, 1.807) is 11.3 Å². The fraction of sp³-hybridized carbons (Fsp3) is 0.412. The number of carbonyl (C=O) groups excluding carboxylic acids is 1. The molecule has 2 rings (SSSR count). The number of aryl methyl sites for hydroxylation is 1. The molecule has 0 aliphatic rings. The van der Waals surface area contributed by atoms with Gasteiger partial charge in [-0.05, 0) is 14.0 Å². The van der Waals surface area contributed by atoms with Gasteiger partial charge in [0, 0.05) is 35.9 Å². The van der Waals surface area contributed by atoms with Crippen LogP contribution in [0.3, 0.4) is 0 Å². The number of nitrogens with zero attached hydrogens (tertiary/aromatic N) is 1. The van der Waals surface area contributed by atoms with Crippen LogP contribution in [-0.4, -0.2) is 31.0 Å². The number of carbonyl (C=O) groups is 1. The van der Waals surface area contributed by atoms with Crippen LogP contribution in [0, 0.1) is 12.8 Å². The van der Waals surface area contributed by atoms with Crippen molar-refractivity contribution in [3.05, 3.63) is 40.2 Å². The highest BCUT2D eigenvalue weighted by molar-refractivity contribution is 7.12. The van der Waals surface area contributed by atoms with Gasteiger partial charge in [-0.3, -0.25) is 4.79 Å². The predicted molar refractivity (Wildman–Crippen MR) is 107 cm³/mol. The van der Waals surface area contributed by atoms with Crippen molar-refractivity contribution in [3.8, 4) is 11.3 Å². The quantitative estimate of drug-likeness (QED) is 0.761. The number of aromatic nitrogens is 1. The highest BCUT2D eigenvalue weighted by Gasteiger charge is 2.12. The van der Waals surface area contributed by atoms with E-state index >= 15 is 0 Å². The van der Waals surface area contributed by atoms with Crippen molar-refractivity contribution in [2.75, 3.05) is 20.1 Å². The number of thiazole rings is 1. The van der Waals surface area contributed by atoms with Crippen molar-refractivity contribution in [3.63, 3.8) is 0 Å². The van der Waals surface area contributed by atoms with E-state index in [9.17, 15) is 4.79 Å². The summed E-state index contributed by atoms with van der Waals surface area (Å²) in [6, 6.07) is 10.2. The maximum Gasteiger partial charge on any atom is 0.224 e. The second-order valence-corrected chi connectivity index (χ2v) is 6.67. The summed E-state index contributed by atoms with van der Waals surface area (Å²) in [7, 11) is 1.85. The average molecular weight is 390 g/mol. The lowest BCUT2D eigenvalue weighted by Gasteiger charge is -2.10. The SMILES string of the molecule is CNCC(C)C(=O)NCCc1nc(-c2ccccc2)c(C)s1.Cl.Cl. The number of amides is 1. The molecule has 134 valence electrons. The number of nitrogens with one attached hydrogen (secondary N) is 2. The topological polar surface area (TPSA) is 54.0 Å². The summed E-state index contributed by atoms with van der Waals surface area (Å²) in [5, 5.41) is 7.05. The average Bonchev–Trinajstić information content (AvgIpc) is 2.89. The molecule has 2 aromatic rings. The summed E-state index contributed by atoms with van der Waals surface area (Å²) >= 11 is 1.70. The van der Waals surface area contributed by atoms with Crippen molar-refractivity contribution < 1.29 is 4.79 Å². The molecule has 4 nitrogen and oxygen atoms in total. The zero-order chi connectivity index (χ0) is 15.9. The summed E-state index contributed by atoms with van der Waals surface area (Å²) in [5.41, 5.74) is 2.20. The van der Waals surface area contributed by atoms with Crippen LogP contribution in [0.25, 0.3) is 11.3 Å².